The van der Waals surface area contributed by atoms with Crippen LogP contribution in [0.25, 0.3) is 17.1 Å². The predicted molar refractivity (Wildman–Crippen MR) is 86.7 cm³/mol. The smallest absolute Gasteiger partial charge is 0.303 e. The number of carbonyl (C=O) groups is 2. The van der Waals surface area contributed by atoms with Gasteiger partial charge in [0.15, 0.2) is 0 Å². The van der Waals surface area contributed by atoms with E-state index >= 15 is 0 Å². The molecule has 120 valence electrons. The lowest BCUT2D eigenvalue weighted by Crippen LogP contribution is -2.31. The van der Waals surface area contributed by atoms with Gasteiger partial charge in [-0.1, -0.05) is 13.0 Å². The summed E-state index contributed by atoms with van der Waals surface area (Å²) in [6, 6.07) is 5.08. The Morgan fingerprint density at radius 1 is 1.09 bits per heavy atom. The summed E-state index contributed by atoms with van der Waals surface area (Å²) >= 11 is 0. The molecule has 0 spiro atoms. The van der Waals surface area contributed by atoms with Crippen molar-refractivity contribution in [3.05, 3.63) is 39.9 Å². The first-order valence-corrected chi connectivity index (χ1v) is 7.44. The van der Waals surface area contributed by atoms with Crippen LogP contribution in [0.2, 0.25) is 0 Å². The number of fused-ring (bicyclic) bond motifs is 1. The molecule has 2 aromatic rings. The fourth-order valence-electron chi connectivity index (χ4n) is 2.78. The van der Waals surface area contributed by atoms with Crippen LogP contribution in [0.15, 0.2) is 28.7 Å². The van der Waals surface area contributed by atoms with E-state index < -0.39 is 6.03 Å². The Balaban J connectivity index is 2.02. The maximum Gasteiger partial charge on any atom is 0.329 e. The van der Waals surface area contributed by atoms with E-state index in [-0.39, 0.29) is 17.3 Å². The van der Waals surface area contributed by atoms with E-state index in [4.69, 9.17) is 0 Å². The summed E-state index contributed by atoms with van der Waals surface area (Å²) in [7, 11) is 3.42. The molecule has 0 unspecified atom stereocenters. The molecule has 3 amide bonds. The Bertz CT molecular complexity index is 904. The fourth-order valence-corrected chi connectivity index (χ4v) is 2.78. The van der Waals surface area contributed by atoms with Gasteiger partial charge in [0.25, 0.3) is 5.91 Å². The Morgan fingerprint density at radius 3 is 2.48 bits per heavy atom. The molecule has 0 radical (unpaired) electrons. The van der Waals surface area contributed by atoms with E-state index in [0.29, 0.717) is 13.0 Å². The third-order valence-electron chi connectivity index (χ3n) is 4.02. The summed E-state index contributed by atoms with van der Waals surface area (Å²) in [5.41, 5.74) is 2.48. The zero-order valence-corrected chi connectivity index (χ0v) is 13.3. The minimum Gasteiger partial charge on any atom is -0.303 e. The van der Waals surface area contributed by atoms with Crippen LogP contribution in [0, 0.1) is 0 Å². The van der Waals surface area contributed by atoms with Crippen molar-refractivity contribution in [1.82, 2.24) is 19.4 Å². The van der Waals surface area contributed by atoms with Crippen molar-refractivity contribution in [3.63, 3.8) is 0 Å². The lowest BCUT2D eigenvalue weighted by Gasteiger charge is -2.08. The molecular weight excluding hydrogens is 296 g/mol. The topological polar surface area (TPSA) is 76.3 Å². The zero-order chi connectivity index (χ0) is 16.7. The molecule has 3 rings (SSSR count). The van der Waals surface area contributed by atoms with Crippen LogP contribution >= 0.6 is 0 Å². The quantitative estimate of drug-likeness (QED) is 0.683. The lowest BCUT2D eigenvalue weighted by molar-refractivity contribution is -0.122. The number of nitrogens with one attached hydrogen (secondary N) is 1. The number of aryl methyl sites for hydroxylation is 2. The number of hydrogen-bond acceptors (Lipinski definition) is 3. The van der Waals surface area contributed by atoms with E-state index in [0.717, 1.165) is 16.6 Å². The van der Waals surface area contributed by atoms with E-state index in [1.54, 1.807) is 29.3 Å². The van der Waals surface area contributed by atoms with Gasteiger partial charge in [-0.2, -0.15) is 0 Å². The van der Waals surface area contributed by atoms with Gasteiger partial charge in [0.05, 0.1) is 11.0 Å². The standard InChI is InChI=1S/C16H18N4O3/c1-4-7-20-14(21)11(17-15(20)22)8-10-5-6-12-13(9-10)19(3)16(23)18(12)2/h5-6,8-9H,4,7H2,1-3H3,(H,17,22)/b11-8+. The van der Waals surface area contributed by atoms with Crippen LogP contribution in [-0.4, -0.2) is 32.5 Å². The van der Waals surface area contributed by atoms with Crippen molar-refractivity contribution in [3.8, 4) is 0 Å². The number of hydrogen-bond donors (Lipinski definition) is 1. The number of amides is 3. The molecule has 1 aliphatic heterocycles. The highest BCUT2D eigenvalue weighted by atomic mass is 16.2. The van der Waals surface area contributed by atoms with Gasteiger partial charge in [-0.05, 0) is 30.2 Å². The number of aromatic nitrogens is 2. The van der Waals surface area contributed by atoms with Crippen molar-refractivity contribution >= 4 is 29.0 Å². The number of imidazole rings is 1. The normalized spacial score (nSPS) is 16.7. The summed E-state index contributed by atoms with van der Waals surface area (Å²) in [5.74, 6) is -0.320. The predicted octanol–water partition coefficient (Wildman–Crippen LogP) is 1.18. The van der Waals surface area contributed by atoms with Crippen LogP contribution in [0.3, 0.4) is 0 Å². The van der Waals surface area contributed by atoms with Crippen molar-refractivity contribution in [2.24, 2.45) is 14.1 Å². The molecule has 7 nitrogen and oxygen atoms in total. The second-order valence-electron chi connectivity index (χ2n) is 5.59. The molecule has 7 heteroatoms. The highest BCUT2D eigenvalue weighted by Gasteiger charge is 2.32. The van der Waals surface area contributed by atoms with E-state index in [1.807, 2.05) is 25.1 Å². The first-order chi connectivity index (χ1) is 10.9. The molecule has 23 heavy (non-hydrogen) atoms. The van der Waals surface area contributed by atoms with Gasteiger partial charge in [-0.25, -0.2) is 9.59 Å². The Kier molecular flexibility index (Phi) is 3.55. The summed E-state index contributed by atoms with van der Waals surface area (Å²) in [4.78, 5) is 37.2. The highest BCUT2D eigenvalue weighted by Crippen LogP contribution is 2.18. The number of rotatable bonds is 3. The molecule has 0 bridgehead atoms. The average Bonchev–Trinajstić information content (AvgIpc) is 2.91. The van der Waals surface area contributed by atoms with Crippen molar-refractivity contribution in [2.45, 2.75) is 13.3 Å². The zero-order valence-electron chi connectivity index (χ0n) is 13.3. The number of imide groups is 1. The van der Waals surface area contributed by atoms with Gasteiger partial charge < -0.3 is 5.32 Å². The van der Waals surface area contributed by atoms with E-state index in [2.05, 4.69) is 5.32 Å². The van der Waals surface area contributed by atoms with Crippen molar-refractivity contribution in [2.75, 3.05) is 6.54 Å². The molecule has 1 aliphatic rings. The molecule has 0 atom stereocenters. The first kappa shape index (κ1) is 15.1. The first-order valence-electron chi connectivity index (χ1n) is 7.44. The molecule has 1 saturated heterocycles. The van der Waals surface area contributed by atoms with Gasteiger partial charge >= 0.3 is 11.7 Å². The molecule has 1 aromatic carbocycles. The summed E-state index contributed by atoms with van der Waals surface area (Å²) < 4.78 is 3.12. The lowest BCUT2D eigenvalue weighted by atomic mass is 10.1. The molecule has 1 fully saturated rings. The summed E-state index contributed by atoms with van der Waals surface area (Å²) in [6.07, 6.45) is 2.34. The molecule has 0 saturated carbocycles. The van der Waals surface area contributed by atoms with Crippen LogP contribution in [-0.2, 0) is 18.9 Å². The number of urea groups is 1. The van der Waals surface area contributed by atoms with Crippen LogP contribution in [0.5, 0.6) is 0 Å². The van der Waals surface area contributed by atoms with E-state index in [1.165, 1.54) is 4.90 Å². The van der Waals surface area contributed by atoms with Crippen LogP contribution in [0.1, 0.15) is 18.9 Å². The number of benzene rings is 1. The van der Waals surface area contributed by atoms with E-state index in [9.17, 15) is 14.4 Å². The Morgan fingerprint density at radius 2 is 1.78 bits per heavy atom. The monoisotopic (exact) mass is 314 g/mol. The molecule has 1 N–H and O–H groups in total. The third-order valence-corrected chi connectivity index (χ3v) is 4.02. The van der Waals surface area contributed by atoms with Gasteiger partial charge in [-0.3, -0.25) is 18.8 Å². The number of carbonyl (C=O) groups excluding carboxylic acids is 2. The largest absolute Gasteiger partial charge is 0.329 e. The van der Waals surface area contributed by atoms with Gasteiger partial charge in [0, 0.05) is 20.6 Å². The van der Waals surface area contributed by atoms with Crippen LogP contribution < -0.4 is 11.0 Å². The van der Waals surface area contributed by atoms with Crippen LogP contribution in [0.4, 0.5) is 4.79 Å². The van der Waals surface area contributed by atoms with Crippen molar-refractivity contribution in [1.29, 1.82) is 0 Å². The maximum atomic E-state index is 12.2. The van der Waals surface area contributed by atoms with Crippen molar-refractivity contribution < 1.29 is 9.59 Å². The highest BCUT2D eigenvalue weighted by molar-refractivity contribution is 6.14. The van der Waals surface area contributed by atoms with Gasteiger partial charge in [0.2, 0.25) is 0 Å². The summed E-state index contributed by atoms with van der Waals surface area (Å²) in [5, 5.41) is 2.59. The van der Waals surface area contributed by atoms with Gasteiger partial charge in [0.1, 0.15) is 5.70 Å². The third kappa shape index (κ3) is 2.34. The minimum absolute atomic E-state index is 0.107. The minimum atomic E-state index is -0.392. The number of nitrogens with zero attached hydrogens (tertiary/aromatic N) is 3. The summed E-state index contributed by atoms with van der Waals surface area (Å²) in [6.45, 7) is 2.31. The second-order valence-corrected chi connectivity index (χ2v) is 5.59. The average molecular weight is 314 g/mol. The molecule has 0 aliphatic carbocycles. The maximum absolute atomic E-state index is 12.2. The second kappa shape index (κ2) is 5.42. The molecule has 2 heterocycles. The fraction of sp³-hybridized carbons (Fsp3) is 0.312. The Labute approximate surface area is 132 Å². The Hall–Kier alpha value is -2.83. The van der Waals surface area contributed by atoms with Gasteiger partial charge in [-0.15, -0.1) is 0 Å². The molecular formula is C16H18N4O3. The molecule has 1 aromatic heterocycles. The SMILES string of the molecule is CCCN1C(=O)N/C(=C/c2ccc3c(c2)n(C)c(=O)n3C)C1=O.